The smallest absolute Gasteiger partial charge is 0.186 e. The lowest BCUT2D eigenvalue weighted by atomic mass is 9.90. The molecule has 1 atom stereocenters. The van der Waals surface area contributed by atoms with E-state index < -0.39 is 13.9 Å². The fraction of sp³-hybridized carbons (Fsp3) is 0.500. The topological polar surface area (TPSA) is 33.0 Å². The standard InChI is InChI=1S/C14H18FNOSi/c1-18(2,3)17-14(10-16,11-4-5-11)12-6-8-13(15)9-7-12/h6-9,11H,4-5H2,1-3H3. The summed E-state index contributed by atoms with van der Waals surface area (Å²) in [5.74, 6) is -0.0333. The van der Waals surface area contributed by atoms with Gasteiger partial charge in [0.2, 0.25) is 0 Å². The van der Waals surface area contributed by atoms with E-state index in [0.717, 1.165) is 18.4 Å². The number of hydrogen-bond acceptors (Lipinski definition) is 2. The largest absolute Gasteiger partial charge is 0.396 e. The molecule has 0 spiro atoms. The van der Waals surface area contributed by atoms with Gasteiger partial charge in [-0.25, -0.2) is 4.39 Å². The lowest BCUT2D eigenvalue weighted by Crippen LogP contribution is -2.41. The highest BCUT2D eigenvalue weighted by atomic mass is 28.4. The fourth-order valence-electron chi connectivity index (χ4n) is 2.23. The second-order valence-electron chi connectivity index (χ2n) is 5.84. The van der Waals surface area contributed by atoms with Crippen LogP contribution in [0, 0.1) is 23.1 Å². The van der Waals surface area contributed by atoms with Crippen molar-refractivity contribution in [2.24, 2.45) is 5.92 Å². The Morgan fingerprint density at radius 1 is 1.28 bits per heavy atom. The van der Waals surface area contributed by atoms with Crippen LogP contribution in [0.3, 0.4) is 0 Å². The summed E-state index contributed by atoms with van der Waals surface area (Å²) in [5.41, 5.74) is -0.0885. The van der Waals surface area contributed by atoms with E-state index in [1.165, 1.54) is 12.1 Å². The summed E-state index contributed by atoms with van der Waals surface area (Å²) < 4.78 is 19.2. The third-order valence-electron chi connectivity index (χ3n) is 3.06. The molecule has 18 heavy (non-hydrogen) atoms. The molecule has 1 unspecified atom stereocenters. The Hall–Kier alpha value is -1.18. The summed E-state index contributed by atoms with van der Waals surface area (Å²) in [6, 6.07) is 8.52. The van der Waals surface area contributed by atoms with Crippen molar-refractivity contribution in [1.29, 1.82) is 5.26 Å². The molecule has 1 saturated carbocycles. The molecule has 1 aliphatic carbocycles. The van der Waals surface area contributed by atoms with Gasteiger partial charge in [0.05, 0.1) is 0 Å². The lowest BCUT2D eigenvalue weighted by molar-refractivity contribution is 0.0940. The van der Waals surface area contributed by atoms with Crippen molar-refractivity contribution in [2.75, 3.05) is 0 Å². The van der Waals surface area contributed by atoms with Gasteiger partial charge in [0, 0.05) is 5.92 Å². The molecule has 0 amide bonds. The summed E-state index contributed by atoms with van der Waals surface area (Å²) in [7, 11) is -1.85. The normalized spacial score (nSPS) is 19.1. The minimum atomic E-state index is -1.85. The third-order valence-corrected chi connectivity index (χ3v) is 3.99. The second kappa shape index (κ2) is 4.49. The highest BCUT2D eigenvalue weighted by Gasteiger charge is 2.50. The summed E-state index contributed by atoms with van der Waals surface area (Å²) in [5, 5.41) is 9.63. The van der Waals surface area contributed by atoms with Gasteiger partial charge in [-0.05, 0) is 50.2 Å². The van der Waals surface area contributed by atoms with Gasteiger partial charge in [-0.3, -0.25) is 0 Å². The van der Waals surface area contributed by atoms with Crippen LogP contribution in [0.4, 0.5) is 4.39 Å². The molecule has 1 aromatic rings. The Bertz CT molecular complexity index is 470. The van der Waals surface area contributed by atoms with Crippen molar-refractivity contribution in [2.45, 2.75) is 38.1 Å². The van der Waals surface area contributed by atoms with Gasteiger partial charge < -0.3 is 4.43 Å². The van der Waals surface area contributed by atoms with Gasteiger partial charge in [-0.2, -0.15) is 5.26 Å². The zero-order valence-corrected chi connectivity index (χ0v) is 12.0. The van der Waals surface area contributed by atoms with E-state index in [0.29, 0.717) is 0 Å². The predicted octanol–water partition coefficient (Wildman–Crippen LogP) is 3.81. The van der Waals surface area contributed by atoms with Crippen LogP contribution >= 0.6 is 0 Å². The molecule has 0 aromatic heterocycles. The number of nitrogens with zero attached hydrogens (tertiary/aromatic N) is 1. The van der Waals surface area contributed by atoms with Gasteiger partial charge >= 0.3 is 0 Å². The summed E-state index contributed by atoms with van der Waals surface area (Å²) in [4.78, 5) is 0. The molecule has 0 N–H and O–H groups in total. The average molecular weight is 263 g/mol. The van der Waals surface area contributed by atoms with Gasteiger partial charge in [0.15, 0.2) is 13.9 Å². The van der Waals surface area contributed by atoms with E-state index in [-0.39, 0.29) is 11.7 Å². The first-order valence-corrected chi connectivity index (χ1v) is 9.66. The Kier molecular flexibility index (Phi) is 3.30. The molecule has 0 saturated heterocycles. The molecule has 1 aromatic carbocycles. The number of benzene rings is 1. The first-order chi connectivity index (χ1) is 8.37. The molecular weight excluding hydrogens is 245 g/mol. The van der Waals surface area contributed by atoms with Crippen molar-refractivity contribution in [3.05, 3.63) is 35.6 Å². The average Bonchev–Trinajstić information content (AvgIpc) is 3.10. The quantitative estimate of drug-likeness (QED) is 0.774. The van der Waals surface area contributed by atoms with Crippen LogP contribution < -0.4 is 0 Å². The molecule has 0 bridgehead atoms. The van der Waals surface area contributed by atoms with E-state index in [2.05, 4.69) is 25.7 Å². The van der Waals surface area contributed by atoms with Crippen molar-refractivity contribution in [3.8, 4) is 6.07 Å². The molecular formula is C14H18FNOSi. The molecule has 4 heteroatoms. The molecule has 0 radical (unpaired) electrons. The van der Waals surface area contributed by atoms with Crippen molar-refractivity contribution >= 4 is 8.32 Å². The van der Waals surface area contributed by atoms with Crippen LogP contribution in [-0.4, -0.2) is 8.32 Å². The minimum Gasteiger partial charge on any atom is -0.396 e. The first-order valence-electron chi connectivity index (χ1n) is 6.25. The van der Waals surface area contributed by atoms with E-state index in [1.807, 2.05) is 0 Å². The summed E-state index contributed by atoms with van der Waals surface area (Å²) >= 11 is 0. The molecule has 1 fully saturated rings. The molecule has 2 nitrogen and oxygen atoms in total. The number of halogens is 1. The maximum Gasteiger partial charge on any atom is 0.186 e. The van der Waals surface area contributed by atoms with Crippen LogP contribution in [0.5, 0.6) is 0 Å². The summed E-state index contributed by atoms with van der Waals surface area (Å²) in [6.45, 7) is 6.22. The fourth-order valence-corrected chi connectivity index (χ4v) is 3.52. The van der Waals surface area contributed by atoms with E-state index in [1.54, 1.807) is 12.1 Å². The van der Waals surface area contributed by atoms with E-state index in [4.69, 9.17) is 4.43 Å². The molecule has 1 aliphatic rings. The highest BCUT2D eigenvalue weighted by Crippen LogP contribution is 2.49. The van der Waals surface area contributed by atoms with Gasteiger partial charge in [0.25, 0.3) is 0 Å². The maximum absolute atomic E-state index is 13.0. The molecule has 0 aliphatic heterocycles. The Morgan fingerprint density at radius 3 is 2.22 bits per heavy atom. The van der Waals surface area contributed by atoms with Crippen LogP contribution in [-0.2, 0) is 10.0 Å². The highest BCUT2D eigenvalue weighted by molar-refractivity contribution is 6.69. The maximum atomic E-state index is 13.0. The lowest BCUT2D eigenvalue weighted by Gasteiger charge is -2.34. The second-order valence-corrected chi connectivity index (χ2v) is 10.3. The van der Waals surface area contributed by atoms with Gasteiger partial charge in [0.1, 0.15) is 11.9 Å². The Labute approximate surface area is 109 Å². The van der Waals surface area contributed by atoms with Crippen molar-refractivity contribution in [3.63, 3.8) is 0 Å². The zero-order valence-electron chi connectivity index (χ0n) is 11.0. The van der Waals surface area contributed by atoms with Gasteiger partial charge in [-0.1, -0.05) is 12.1 Å². The summed E-state index contributed by atoms with van der Waals surface area (Å²) in [6.07, 6.45) is 2.02. The molecule has 2 rings (SSSR count). The van der Waals surface area contributed by atoms with Crippen molar-refractivity contribution in [1.82, 2.24) is 0 Å². The molecule has 96 valence electrons. The minimum absolute atomic E-state index is 0.250. The number of hydrogen-bond donors (Lipinski definition) is 0. The van der Waals surface area contributed by atoms with Crippen LogP contribution in [0.15, 0.2) is 24.3 Å². The Morgan fingerprint density at radius 2 is 1.83 bits per heavy atom. The third kappa shape index (κ3) is 2.63. The van der Waals surface area contributed by atoms with Gasteiger partial charge in [-0.15, -0.1) is 0 Å². The first kappa shape index (κ1) is 13.3. The SMILES string of the molecule is C[Si](C)(C)OC(C#N)(c1ccc(F)cc1)C1CC1. The van der Waals surface area contributed by atoms with E-state index >= 15 is 0 Å². The van der Waals surface area contributed by atoms with Crippen molar-refractivity contribution < 1.29 is 8.82 Å². The predicted molar refractivity (Wildman–Crippen MR) is 70.8 cm³/mol. The molecule has 0 heterocycles. The monoisotopic (exact) mass is 263 g/mol. The van der Waals surface area contributed by atoms with Crippen LogP contribution in [0.2, 0.25) is 19.6 Å². The number of rotatable bonds is 4. The zero-order chi connectivity index (χ0) is 13.4. The van der Waals surface area contributed by atoms with E-state index in [9.17, 15) is 9.65 Å². The van der Waals surface area contributed by atoms with Crippen LogP contribution in [0.1, 0.15) is 18.4 Å². The number of nitriles is 1. The Balaban J connectivity index is 2.42. The van der Waals surface area contributed by atoms with Crippen LogP contribution in [0.25, 0.3) is 0 Å².